The van der Waals surface area contributed by atoms with Gasteiger partial charge in [-0.15, -0.1) is 0 Å². The summed E-state index contributed by atoms with van der Waals surface area (Å²) in [6.07, 6.45) is 3.43. The predicted octanol–water partition coefficient (Wildman–Crippen LogP) is 5.08. The Morgan fingerprint density at radius 1 is 0.912 bits per heavy atom. The van der Waals surface area contributed by atoms with Crippen LogP contribution in [0.5, 0.6) is 0 Å². The maximum Gasteiger partial charge on any atom is 0.234 e. The monoisotopic (exact) mass is 475 g/mol. The Morgan fingerprint density at radius 3 is 2.26 bits per heavy atom. The average Bonchev–Trinajstić information content (AvgIpc) is 2.82. The molecule has 0 radical (unpaired) electrons. The summed E-state index contributed by atoms with van der Waals surface area (Å²) in [4.78, 5) is 26.6. The minimum Gasteiger partial charge on any atom is -0.368 e. The first kappa shape index (κ1) is 24.1. The number of carbonyl (C=O) groups is 1. The van der Waals surface area contributed by atoms with E-state index in [9.17, 15) is 4.79 Å². The van der Waals surface area contributed by atoms with E-state index in [0.29, 0.717) is 5.75 Å². The molecule has 1 amide bonds. The maximum absolute atomic E-state index is 12.7. The fourth-order valence-corrected chi connectivity index (χ4v) is 5.35. The lowest BCUT2D eigenvalue weighted by Crippen LogP contribution is -2.47. The summed E-state index contributed by atoms with van der Waals surface area (Å²) >= 11 is 1.44. The third kappa shape index (κ3) is 5.36. The van der Waals surface area contributed by atoms with Crippen molar-refractivity contribution in [1.82, 2.24) is 9.97 Å². The molecule has 1 fully saturated rings. The number of hydrogen-bond donors (Lipinski definition) is 1. The Labute approximate surface area is 206 Å². The molecule has 2 aromatic carbocycles. The minimum atomic E-state index is -0.0311. The molecule has 3 aromatic rings. The molecule has 0 aliphatic carbocycles. The van der Waals surface area contributed by atoms with Crippen LogP contribution in [-0.2, 0) is 4.79 Å². The van der Waals surface area contributed by atoms with Gasteiger partial charge in [-0.2, -0.15) is 0 Å². The van der Waals surface area contributed by atoms with Crippen LogP contribution in [0, 0.1) is 34.6 Å². The first-order chi connectivity index (χ1) is 16.3. The van der Waals surface area contributed by atoms with Crippen LogP contribution in [0.4, 0.5) is 17.2 Å². The number of anilines is 3. The van der Waals surface area contributed by atoms with Gasteiger partial charge in [0.2, 0.25) is 5.91 Å². The Bertz CT molecular complexity index is 1160. The van der Waals surface area contributed by atoms with Gasteiger partial charge in [-0.1, -0.05) is 41.6 Å². The van der Waals surface area contributed by atoms with Crippen LogP contribution < -0.4 is 15.1 Å². The molecular formula is C27H33N5OS. The molecular weight excluding hydrogens is 442 g/mol. The number of thioether (sulfide) groups is 1. The van der Waals surface area contributed by atoms with E-state index in [2.05, 4.69) is 76.2 Å². The van der Waals surface area contributed by atoms with Crippen molar-refractivity contribution in [3.8, 4) is 0 Å². The molecule has 0 atom stereocenters. The van der Waals surface area contributed by atoms with Gasteiger partial charge < -0.3 is 15.1 Å². The number of carbonyl (C=O) groups excluding carboxylic acids is 1. The third-order valence-corrected chi connectivity index (χ3v) is 7.39. The largest absolute Gasteiger partial charge is 0.368 e. The van der Waals surface area contributed by atoms with Crippen molar-refractivity contribution in [2.24, 2.45) is 0 Å². The van der Waals surface area contributed by atoms with Crippen LogP contribution in [0.15, 0.2) is 47.8 Å². The highest BCUT2D eigenvalue weighted by Crippen LogP contribution is 2.29. The molecule has 0 spiro atoms. The molecule has 0 bridgehead atoms. The highest BCUT2D eigenvalue weighted by atomic mass is 32.2. The Balaban J connectivity index is 1.39. The van der Waals surface area contributed by atoms with E-state index in [1.165, 1.54) is 34.1 Å². The SMILES string of the molecule is Cc1cc(C)c(NC(=O)CSc2nccnc2N2CCN(c3cccc(C)c3C)CC2)c(C)c1. The molecule has 6 nitrogen and oxygen atoms in total. The van der Waals surface area contributed by atoms with Gasteiger partial charge in [-0.05, 0) is 62.9 Å². The normalized spacial score (nSPS) is 13.8. The number of nitrogens with zero attached hydrogens (tertiary/aromatic N) is 4. The van der Waals surface area contributed by atoms with E-state index in [-0.39, 0.29) is 5.91 Å². The average molecular weight is 476 g/mol. The number of aromatic nitrogens is 2. The number of hydrogen-bond acceptors (Lipinski definition) is 6. The number of nitrogens with one attached hydrogen (secondary N) is 1. The number of piperazine rings is 1. The van der Waals surface area contributed by atoms with Gasteiger partial charge in [-0.25, -0.2) is 9.97 Å². The molecule has 34 heavy (non-hydrogen) atoms. The zero-order valence-corrected chi connectivity index (χ0v) is 21.5. The molecule has 7 heteroatoms. The molecule has 1 saturated heterocycles. The summed E-state index contributed by atoms with van der Waals surface area (Å²) in [5.74, 6) is 1.13. The lowest BCUT2D eigenvalue weighted by Gasteiger charge is -2.37. The molecule has 1 aliphatic rings. The number of aryl methyl sites for hydroxylation is 4. The van der Waals surface area contributed by atoms with Crippen molar-refractivity contribution >= 4 is 34.9 Å². The second-order valence-electron chi connectivity index (χ2n) is 8.99. The second kappa shape index (κ2) is 10.5. The molecule has 0 unspecified atom stereocenters. The van der Waals surface area contributed by atoms with Crippen LogP contribution in [-0.4, -0.2) is 47.8 Å². The number of rotatable bonds is 6. The molecule has 1 N–H and O–H groups in total. The minimum absolute atomic E-state index is 0.0311. The summed E-state index contributed by atoms with van der Waals surface area (Å²) < 4.78 is 0. The van der Waals surface area contributed by atoms with Crippen molar-refractivity contribution in [3.05, 3.63) is 70.5 Å². The molecule has 1 aromatic heterocycles. The molecule has 1 aliphatic heterocycles. The van der Waals surface area contributed by atoms with Gasteiger partial charge in [0, 0.05) is 49.9 Å². The van der Waals surface area contributed by atoms with Crippen molar-refractivity contribution in [3.63, 3.8) is 0 Å². The van der Waals surface area contributed by atoms with Gasteiger partial charge in [-0.3, -0.25) is 4.79 Å². The molecule has 178 valence electrons. The highest BCUT2D eigenvalue weighted by Gasteiger charge is 2.22. The van der Waals surface area contributed by atoms with Crippen molar-refractivity contribution in [1.29, 1.82) is 0 Å². The zero-order valence-electron chi connectivity index (χ0n) is 20.7. The fourth-order valence-electron chi connectivity index (χ4n) is 4.56. The molecule has 0 saturated carbocycles. The van der Waals surface area contributed by atoms with Gasteiger partial charge in [0.25, 0.3) is 0 Å². The highest BCUT2D eigenvalue weighted by molar-refractivity contribution is 8.00. The summed E-state index contributed by atoms with van der Waals surface area (Å²) in [7, 11) is 0. The lowest BCUT2D eigenvalue weighted by atomic mass is 10.1. The summed E-state index contributed by atoms with van der Waals surface area (Å²) in [6.45, 7) is 14.1. The van der Waals surface area contributed by atoms with E-state index < -0.39 is 0 Å². The van der Waals surface area contributed by atoms with Gasteiger partial charge in [0.1, 0.15) is 5.03 Å². The number of benzene rings is 2. The van der Waals surface area contributed by atoms with Crippen LogP contribution in [0.1, 0.15) is 27.8 Å². The van der Waals surface area contributed by atoms with Crippen LogP contribution in [0.3, 0.4) is 0 Å². The van der Waals surface area contributed by atoms with Gasteiger partial charge in [0.05, 0.1) is 5.75 Å². The standard InChI is InChI=1S/C27H33N5OS/c1-18-15-20(3)25(21(4)16-18)30-24(33)17-34-27-26(28-9-10-29-27)32-13-11-31(12-14-32)23-8-6-7-19(2)22(23)5/h6-10,15-16H,11-14,17H2,1-5H3,(H,30,33). The third-order valence-electron chi connectivity index (χ3n) is 6.42. The maximum atomic E-state index is 12.7. The van der Waals surface area contributed by atoms with Gasteiger partial charge >= 0.3 is 0 Å². The van der Waals surface area contributed by atoms with Crippen LogP contribution in [0.25, 0.3) is 0 Å². The van der Waals surface area contributed by atoms with E-state index >= 15 is 0 Å². The van der Waals surface area contributed by atoms with E-state index in [4.69, 9.17) is 0 Å². The van der Waals surface area contributed by atoms with Crippen molar-refractivity contribution < 1.29 is 4.79 Å². The Hall–Kier alpha value is -3.06. The molecule has 4 rings (SSSR count). The van der Waals surface area contributed by atoms with Crippen LogP contribution in [0.2, 0.25) is 0 Å². The van der Waals surface area contributed by atoms with E-state index in [1.54, 1.807) is 12.4 Å². The van der Waals surface area contributed by atoms with E-state index in [0.717, 1.165) is 53.8 Å². The summed E-state index contributed by atoms with van der Waals surface area (Å²) in [6, 6.07) is 10.7. The van der Waals surface area contributed by atoms with Crippen molar-refractivity contribution in [2.75, 3.05) is 47.0 Å². The zero-order chi connectivity index (χ0) is 24.2. The second-order valence-corrected chi connectivity index (χ2v) is 9.95. The molecule has 2 heterocycles. The summed E-state index contributed by atoms with van der Waals surface area (Å²) in [5.41, 5.74) is 8.24. The first-order valence-electron chi connectivity index (χ1n) is 11.7. The van der Waals surface area contributed by atoms with Crippen molar-refractivity contribution in [2.45, 2.75) is 39.6 Å². The smallest absolute Gasteiger partial charge is 0.234 e. The number of amides is 1. The predicted molar refractivity (Wildman–Crippen MR) is 142 cm³/mol. The van der Waals surface area contributed by atoms with E-state index in [1.807, 2.05) is 13.8 Å². The topological polar surface area (TPSA) is 61.4 Å². The summed E-state index contributed by atoms with van der Waals surface area (Å²) in [5, 5.41) is 3.88. The lowest BCUT2D eigenvalue weighted by molar-refractivity contribution is -0.113. The quantitative estimate of drug-likeness (QED) is 0.502. The van der Waals surface area contributed by atoms with Crippen LogP contribution >= 0.6 is 11.8 Å². The first-order valence-corrected chi connectivity index (χ1v) is 12.7. The van der Waals surface area contributed by atoms with Gasteiger partial charge in [0.15, 0.2) is 5.82 Å². The Morgan fingerprint density at radius 2 is 1.56 bits per heavy atom. The fraction of sp³-hybridized carbons (Fsp3) is 0.370. The Kier molecular flexibility index (Phi) is 7.41.